The SMILES string of the molecule is Cc1nccc(-c2noc(-c3ccccc3N)n2)n1. The second kappa shape index (κ2) is 4.49. The minimum Gasteiger partial charge on any atom is -0.398 e. The number of aryl methyl sites for hydroxylation is 1. The van der Waals surface area contributed by atoms with Gasteiger partial charge in [-0.05, 0) is 25.1 Å². The molecule has 0 aliphatic heterocycles. The number of hydrogen-bond donors (Lipinski definition) is 1. The lowest BCUT2D eigenvalue weighted by Crippen LogP contribution is -1.92. The smallest absolute Gasteiger partial charge is 0.260 e. The zero-order chi connectivity index (χ0) is 13.2. The highest BCUT2D eigenvalue weighted by Crippen LogP contribution is 2.25. The molecule has 0 amide bonds. The summed E-state index contributed by atoms with van der Waals surface area (Å²) in [6.45, 7) is 1.81. The van der Waals surface area contributed by atoms with Gasteiger partial charge in [0, 0.05) is 11.9 Å². The van der Waals surface area contributed by atoms with Crippen molar-refractivity contribution in [1.82, 2.24) is 20.1 Å². The molecule has 3 aromatic rings. The van der Waals surface area contributed by atoms with E-state index in [0.717, 1.165) is 0 Å². The first-order valence-electron chi connectivity index (χ1n) is 5.72. The molecule has 0 aliphatic rings. The molecule has 0 saturated carbocycles. The third kappa shape index (κ3) is 2.15. The fraction of sp³-hybridized carbons (Fsp3) is 0.0769. The molecule has 0 saturated heterocycles. The highest BCUT2D eigenvalue weighted by atomic mass is 16.5. The average molecular weight is 253 g/mol. The van der Waals surface area contributed by atoms with E-state index < -0.39 is 0 Å². The lowest BCUT2D eigenvalue weighted by molar-refractivity contribution is 0.432. The Hall–Kier alpha value is -2.76. The van der Waals surface area contributed by atoms with Gasteiger partial charge in [-0.3, -0.25) is 0 Å². The minimum atomic E-state index is 0.379. The van der Waals surface area contributed by atoms with E-state index in [1.165, 1.54) is 0 Å². The molecule has 2 heterocycles. The molecule has 2 N–H and O–H groups in total. The molecular weight excluding hydrogens is 242 g/mol. The summed E-state index contributed by atoms with van der Waals surface area (Å²) in [5.41, 5.74) is 7.80. The summed E-state index contributed by atoms with van der Waals surface area (Å²) in [6, 6.07) is 9.07. The summed E-state index contributed by atoms with van der Waals surface area (Å²) < 4.78 is 5.22. The van der Waals surface area contributed by atoms with Crippen molar-refractivity contribution in [1.29, 1.82) is 0 Å². The van der Waals surface area contributed by atoms with Gasteiger partial charge in [-0.25, -0.2) is 9.97 Å². The second-order valence-corrected chi connectivity index (χ2v) is 4.00. The molecule has 2 aromatic heterocycles. The second-order valence-electron chi connectivity index (χ2n) is 4.00. The Balaban J connectivity index is 2.03. The molecule has 0 fully saturated rings. The maximum absolute atomic E-state index is 5.87. The number of anilines is 1. The zero-order valence-corrected chi connectivity index (χ0v) is 10.2. The van der Waals surface area contributed by atoms with Crippen LogP contribution in [0.5, 0.6) is 0 Å². The molecule has 1 aromatic carbocycles. The Labute approximate surface area is 109 Å². The molecule has 6 heteroatoms. The number of benzene rings is 1. The van der Waals surface area contributed by atoms with Crippen molar-refractivity contribution in [2.75, 3.05) is 5.73 Å². The van der Waals surface area contributed by atoms with E-state index in [4.69, 9.17) is 10.3 Å². The normalized spacial score (nSPS) is 10.6. The van der Waals surface area contributed by atoms with Crippen molar-refractivity contribution in [2.24, 2.45) is 0 Å². The zero-order valence-electron chi connectivity index (χ0n) is 10.2. The van der Waals surface area contributed by atoms with Crippen molar-refractivity contribution in [2.45, 2.75) is 6.92 Å². The first-order chi connectivity index (χ1) is 9.24. The van der Waals surface area contributed by atoms with Crippen LogP contribution in [0, 0.1) is 6.92 Å². The fourth-order valence-corrected chi connectivity index (χ4v) is 1.71. The number of nitrogens with zero attached hydrogens (tertiary/aromatic N) is 4. The van der Waals surface area contributed by atoms with Gasteiger partial charge in [0.2, 0.25) is 5.82 Å². The van der Waals surface area contributed by atoms with Gasteiger partial charge >= 0.3 is 0 Å². The highest BCUT2D eigenvalue weighted by Gasteiger charge is 2.13. The Bertz CT molecular complexity index is 722. The van der Waals surface area contributed by atoms with Crippen LogP contribution in [0.4, 0.5) is 5.69 Å². The lowest BCUT2D eigenvalue weighted by Gasteiger charge is -1.97. The summed E-state index contributed by atoms with van der Waals surface area (Å²) in [5, 5.41) is 3.91. The van der Waals surface area contributed by atoms with Gasteiger partial charge in [-0.2, -0.15) is 4.98 Å². The summed E-state index contributed by atoms with van der Waals surface area (Å²) in [7, 11) is 0. The molecule has 94 valence electrons. The minimum absolute atomic E-state index is 0.379. The predicted molar refractivity (Wildman–Crippen MR) is 69.9 cm³/mol. The maximum Gasteiger partial charge on any atom is 0.260 e. The third-order valence-electron chi connectivity index (χ3n) is 2.62. The van der Waals surface area contributed by atoms with E-state index >= 15 is 0 Å². The number of rotatable bonds is 2. The van der Waals surface area contributed by atoms with Gasteiger partial charge < -0.3 is 10.3 Å². The molecule has 0 atom stereocenters. The third-order valence-corrected chi connectivity index (χ3v) is 2.62. The van der Waals surface area contributed by atoms with Crippen molar-refractivity contribution in [3.05, 3.63) is 42.4 Å². The molecule has 0 aliphatic carbocycles. The molecule has 0 unspecified atom stereocenters. The van der Waals surface area contributed by atoms with Gasteiger partial charge in [-0.1, -0.05) is 17.3 Å². The van der Waals surface area contributed by atoms with E-state index in [-0.39, 0.29) is 0 Å². The van der Waals surface area contributed by atoms with Crippen LogP contribution in [0.25, 0.3) is 23.0 Å². The van der Waals surface area contributed by atoms with Crippen LogP contribution >= 0.6 is 0 Å². The fourth-order valence-electron chi connectivity index (χ4n) is 1.71. The van der Waals surface area contributed by atoms with E-state index in [9.17, 15) is 0 Å². The predicted octanol–water partition coefficient (Wildman–Crippen LogP) is 2.08. The Kier molecular flexibility index (Phi) is 2.68. The summed E-state index contributed by atoms with van der Waals surface area (Å²) in [5.74, 6) is 1.45. The van der Waals surface area contributed by atoms with Crippen molar-refractivity contribution in [3.8, 4) is 23.0 Å². The van der Waals surface area contributed by atoms with Gasteiger partial charge in [0.1, 0.15) is 11.5 Å². The Morgan fingerprint density at radius 2 is 1.95 bits per heavy atom. The Morgan fingerprint density at radius 1 is 1.11 bits per heavy atom. The molecule has 19 heavy (non-hydrogen) atoms. The number of nitrogen functional groups attached to an aromatic ring is 1. The van der Waals surface area contributed by atoms with Crippen molar-refractivity contribution < 1.29 is 4.52 Å². The molecule has 0 bridgehead atoms. The summed E-state index contributed by atoms with van der Waals surface area (Å²) >= 11 is 0. The first-order valence-corrected chi connectivity index (χ1v) is 5.72. The van der Waals surface area contributed by atoms with Crippen molar-refractivity contribution >= 4 is 5.69 Å². The molecule has 3 rings (SSSR count). The highest BCUT2D eigenvalue weighted by molar-refractivity contribution is 5.70. The monoisotopic (exact) mass is 253 g/mol. The molecular formula is C13H11N5O. The maximum atomic E-state index is 5.87. The van der Waals surface area contributed by atoms with Crippen LogP contribution in [0.1, 0.15) is 5.82 Å². The number of para-hydroxylation sites is 1. The lowest BCUT2D eigenvalue weighted by atomic mass is 10.2. The largest absolute Gasteiger partial charge is 0.398 e. The van der Waals surface area contributed by atoms with Crippen LogP contribution in [0.3, 0.4) is 0 Å². The average Bonchev–Trinajstić information content (AvgIpc) is 2.89. The van der Waals surface area contributed by atoms with E-state index in [1.54, 1.807) is 25.3 Å². The van der Waals surface area contributed by atoms with Crippen molar-refractivity contribution in [3.63, 3.8) is 0 Å². The number of hydrogen-bond acceptors (Lipinski definition) is 6. The van der Waals surface area contributed by atoms with Crippen LogP contribution in [0.2, 0.25) is 0 Å². The van der Waals surface area contributed by atoms with Crippen LogP contribution in [0.15, 0.2) is 41.1 Å². The first kappa shape index (κ1) is 11.3. The number of aromatic nitrogens is 4. The number of nitrogens with two attached hydrogens (primary N) is 1. The van der Waals surface area contributed by atoms with Gasteiger partial charge in [-0.15, -0.1) is 0 Å². The topological polar surface area (TPSA) is 90.7 Å². The summed E-state index contributed by atoms with van der Waals surface area (Å²) in [4.78, 5) is 12.6. The molecule has 6 nitrogen and oxygen atoms in total. The van der Waals surface area contributed by atoms with E-state index in [0.29, 0.717) is 34.5 Å². The standard InChI is InChI=1S/C13H11N5O/c1-8-15-7-6-11(16-8)12-17-13(19-18-12)9-4-2-3-5-10(9)14/h2-7H,14H2,1H3. The molecule has 0 radical (unpaired) electrons. The van der Waals surface area contributed by atoms with E-state index in [2.05, 4.69) is 20.1 Å². The van der Waals surface area contributed by atoms with E-state index in [1.807, 2.05) is 18.2 Å². The Morgan fingerprint density at radius 3 is 2.74 bits per heavy atom. The quantitative estimate of drug-likeness (QED) is 0.703. The van der Waals surface area contributed by atoms with Gasteiger partial charge in [0.25, 0.3) is 5.89 Å². The van der Waals surface area contributed by atoms with Gasteiger partial charge in [0.15, 0.2) is 0 Å². The van der Waals surface area contributed by atoms with Crippen LogP contribution < -0.4 is 5.73 Å². The van der Waals surface area contributed by atoms with Gasteiger partial charge in [0.05, 0.1) is 5.56 Å². The summed E-state index contributed by atoms with van der Waals surface area (Å²) in [6.07, 6.45) is 1.66. The van der Waals surface area contributed by atoms with Crippen LogP contribution in [-0.4, -0.2) is 20.1 Å². The molecule has 0 spiro atoms. The van der Waals surface area contributed by atoms with Crippen LogP contribution in [-0.2, 0) is 0 Å².